The van der Waals surface area contributed by atoms with Crippen molar-refractivity contribution in [1.82, 2.24) is 0 Å². The van der Waals surface area contributed by atoms with E-state index < -0.39 is 11.6 Å². The van der Waals surface area contributed by atoms with Crippen LogP contribution < -0.4 is 0 Å². The van der Waals surface area contributed by atoms with Gasteiger partial charge in [-0.3, -0.25) is 0 Å². The lowest BCUT2D eigenvalue weighted by Crippen LogP contribution is -2.13. The van der Waals surface area contributed by atoms with Gasteiger partial charge in [-0.15, -0.1) is 0 Å². The molecule has 1 fully saturated rings. The molecule has 1 aromatic carbocycles. The van der Waals surface area contributed by atoms with Crippen molar-refractivity contribution < 1.29 is 13.9 Å². The first-order valence-corrected chi connectivity index (χ1v) is 7.21. The van der Waals surface area contributed by atoms with Gasteiger partial charge in [0.25, 0.3) is 0 Å². The minimum atomic E-state index is -0.718. The van der Waals surface area contributed by atoms with Crippen LogP contribution in [0.3, 0.4) is 0 Å². The number of halogens is 2. The van der Waals surface area contributed by atoms with Gasteiger partial charge < -0.3 is 5.11 Å². The van der Waals surface area contributed by atoms with Crippen molar-refractivity contribution in [3.63, 3.8) is 0 Å². The van der Waals surface area contributed by atoms with E-state index in [9.17, 15) is 8.78 Å². The molecule has 0 heterocycles. The topological polar surface area (TPSA) is 20.2 Å². The zero-order valence-electron chi connectivity index (χ0n) is 11.5. The van der Waals surface area contributed by atoms with Crippen LogP contribution in [0.1, 0.15) is 56.1 Å². The molecule has 1 N–H and O–H groups in total. The van der Waals surface area contributed by atoms with E-state index >= 15 is 0 Å². The van der Waals surface area contributed by atoms with Crippen molar-refractivity contribution in [3.8, 4) is 0 Å². The minimum Gasteiger partial charge on any atom is -0.396 e. The maximum absolute atomic E-state index is 14.1. The average Bonchev–Trinajstić information content (AvgIpc) is 2.42. The van der Waals surface area contributed by atoms with Gasteiger partial charge in [0.05, 0.1) is 0 Å². The number of benzene rings is 1. The Kier molecular flexibility index (Phi) is 4.92. The summed E-state index contributed by atoms with van der Waals surface area (Å²) in [6, 6.07) is 3.42. The van der Waals surface area contributed by atoms with Gasteiger partial charge in [-0.05, 0) is 48.6 Å². The van der Waals surface area contributed by atoms with Gasteiger partial charge in [0.15, 0.2) is 11.6 Å². The second-order valence-electron chi connectivity index (χ2n) is 5.73. The van der Waals surface area contributed by atoms with Crippen molar-refractivity contribution in [2.75, 3.05) is 6.61 Å². The molecule has 1 aromatic rings. The number of hydrogen-bond acceptors (Lipinski definition) is 1. The molecular weight excluding hydrogens is 246 g/mol. The Labute approximate surface area is 113 Å². The summed E-state index contributed by atoms with van der Waals surface area (Å²) in [5.74, 6) is -0.523. The molecule has 1 aliphatic carbocycles. The first-order chi connectivity index (χ1) is 9.13. The summed E-state index contributed by atoms with van der Waals surface area (Å²) in [5.41, 5.74) is 0.914. The Bertz CT molecular complexity index is 423. The summed E-state index contributed by atoms with van der Waals surface area (Å²) < 4.78 is 28.1. The van der Waals surface area contributed by atoms with Gasteiger partial charge in [-0.1, -0.05) is 31.9 Å². The predicted octanol–water partition coefficient (Wildman–Crippen LogP) is 4.18. The van der Waals surface area contributed by atoms with Gasteiger partial charge in [-0.25, -0.2) is 8.78 Å². The SMILES string of the molecule is CC1CCC(c2ccc(CCCO)c(F)c2F)CC1. The van der Waals surface area contributed by atoms with Crippen molar-refractivity contribution in [2.24, 2.45) is 5.92 Å². The fraction of sp³-hybridized carbons (Fsp3) is 0.625. The van der Waals surface area contributed by atoms with Crippen molar-refractivity contribution >= 4 is 0 Å². The maximum atomic E-state index is 14.1. The molecule has 19 heavy (non-hydrogen) atoms. The monoisotopic (exact) mass is 268 g/mol. The Balaban J connectivity index is 2.16. The summed E-state index contributed by atoms with van der Waals surface area (Å²) in [4.78, 5) is 0. The fourth-order valence-corrected chi connectivity index (χ4v) is 2.95. The molecule has 0 amide bonds. The summed E-state index contributed by atoms with van der Waals surface area (Å²) in [6.45, 7) is 2.22. The first kappa shape index (κ1) is 14.4. The Morgan fingerprint density at radius 1 is 1.11 bits per heavy atom. The molecule has 0 bridgehead atoms. The normalized spacial score (nSPS) is 23.6. The van der Waals surface area contributed by atoms with Crippen LogP contribution in [0, 0.1) is 17.6 Å². The van der Waals surface area contributed by atoms with Crippen LogP contribution in [0.4, 0.5) is 8.78 Å². The smallest absolute Gasteiger partial charge is 0.162 e. The molecule has 1 aliphatic rings. The average molecular weight is 268 g/mol. The highest BCUT2D eigenvalue weighted by atomic mass is 19.2. The van der Waals surface area contributed by atoms with Crippen LogP contribution in [0.5, 0.6) is 0 Å². The highest BCUT2D eigenvalue weighted by molar-refractivity contribution is 5.29. The van der Waals surface area contributed by atoms with E-state index in [-0.39, 0.29) is 12.5 Å². The molecule has 2 rings (SSSR count). The molecule has 0 saturated heterocycles. The van der Waals surface area contributed by atoms with Crippen LogP contribution >= 0.6 is 0 Å². The van der Waals surface area contributed by atoms with Crippen molar-refractivity contribution in [2.45, 2.75) is 51.4 Å². The summed E-state index contributed by atoms with van der Waals surface area (Å²) in [5, 5.41) is 8.75. The molecule has 0 aromatic heterocycles. The van der Waals surface area contributed by atoms with E-state index in [4.69, 9.17) is 5.11 Å². The van der Waals surface area contributed by atoms with E-state index in [0.29, 0.717) is 29.9 Å². The van der Waals surface area contributed by atoms with Crippen molar-refractivity contribution in [1.29, 1.82) is 0 Å². The number of aliphatic hydroxyl groups excluding tert-OH is 1. The third-order valence-electron chi connectivity index (χ3n) is 4.25. The molecular formula is C16H22F2O. The molecule has 3 heteroatoms. The minimum absolute atomic E-state index is 0.00330. The lowest BCUT2D eigenvalue weighted by molar-refractivity contribution is 0.287. The molecule has 1 nitrogen and oxygen atoms in total. The highest BCUT2D eigenvalue weighted by Crippen LogP contribution is 2.37. The Hall–Kier alpha value is -0.960. The lowest BCUT2D eigenvalue weighted by atomic mass is 9.79. The summed E-state index contributed by atoms with van der Waals surface area (Å²) >= 11 is 0. The predicted molar refractivity (Wildman–Crippen MR) is 72.1 cm³/mol. The molecule has 0 aliphatic heterocycles. The van der Waals surface area contributed by atoms with E-state index in [1.54, 1.807) is 12.1 Å². The number of aryl methyl sites for hydroxylation is 1. The molecule has 0 atom stereocenters. The third-order valence-corrected chi connectivity index (χ3v) is 4.25. The second kappa shape index (κ2) is 6.47. The maximum Gasteiger partial charge on any atom is 0.162 e. The first-order valence-electron chi connectivity index (χ1n) is 7.21. The molecule has 0 radical (unpaired) electrons. The van der Waals surface area contributed by atoms with Crippen LogP contribution in [-0.2, 0) is 6.42 Å². The molecule has 0 unspecified atom stereocenters. The van der Waals surface area contributed by atoms with Crippen LogP contribution in [0.2, 0.25) is 0 Å². The largest absolute Gasteiger partial charge is 0.396 e. The lowest BCUT2D eigenvalue weighted by Gasteiger charge is -2.27. The van der Waals surface area contributed by atoms with Gasteiger partial charge in [0.2, 0.25) is 0 Å². The van der Waals surface area contributed by atoms with E-state index in [1.807, 2.05) is 0 Å². The number of aliphatic hydroxyl groups is 1. The Morgan fingerprint density at radius 3 is 2.42 bits per heavy atom. The van der Waals surface area contributed by atoms with Crippen LogP contribution in [-0.4, -0.2) is 11.7 Å². The van der Waals surface area contributed by atoms with Gasteiger partial charge in [0, 0.05) is 6.61 Å². The van der Waals surface area contributed by atoms with Gasteiger partial charge in [0.1, 0.15) is 0 Å². The van der Waals surface area contributed by atoms with E-state index in [2.05, 4.69) is 6.92 Å². The molecule has 1 saturated carbocycles. The fourth-order valence-electron chi connectivity index (χ4n) is 2.95. The zero-order valence-corrected chi connectivity index (χ0v) is 11.5. The molecule has 106 valence electrons. The highest BCUT2D eigenvalue weighted by Gasteiger charge is 2.24. The van der Waals surface area contributed by atoms with Crippen LogP contribution in [0.15, 0.2) is 12.1 Å². The third kappa shape index (κ3) is 3.33. The van der Waals surface area contributed by atoms with Crippen LogP contribution in [0.25, 0.3) is 0 Å². The van der Waals surface area contributed by atoms with Crippen molar-refractivity contribution in [3.05, 3.63) is 34.9 Å². The molecule has 0 spiro atoms. The summed E-state index contributed by atoms with van der Waals surface area (Å²) in [6.07, 6.45) is 4.95. The quantitative estimate of drug-likeness (QED) is 0.868. The van der Waals surface area contributed by atoms with E-state index in [1.165, 1.54) is 0 Å². The second-order valence-corrected chi connectivity index (χ2v) is 5.73. The van der Waals surface area contributed by atoms with Gasteiger partial charge in [-0.2, -0.15) is 0 Å². The van der Waals surface area contributed by atoms with E-state index in [0.717, 1.165) is 25.7 Å². The Morgan fingerprint density at radius 2 is 1.79 bits per heavy atom. The van der Waals surface area contributed by atoms with Gasteiger partial charge >= 0.3 is 0 Å². The standard InChI is InChI=1S/C16H22F2O/c1-11-4-6-12(7-5-11)14-9-8-13(3-2-10-19)15(17)16(14)18/h8-9,11-12,19H,2-7,10H2,1H3. The number of hydrogen-bond donors (Lipinski definition) is 1. The zero-order chi connectivity index (χ0) is 13.8. The summed E-state index contributed by atoms with van der Waals surface area (Å²) in [7, 11) is 0. The number of rotatable bonds is 4.